The number of nitrogens with zero attached hydrogens (tertiary/aromatic N) is 4. The number of hydrogen-bond acceptors (Lipinski definition) is 7. The topological polar surface area (TPSA) is 118 Å². The molecule has 3 amide bonds. The Bertz CT molecular complexity index is 1300. The van der Waals surface area contributed by atoms with Crippen molar-refractivity contribution in [3.63, 3.8) is 0 Å². The molecule has 3 aromatic rings. The third-order valence-electron chi connectivity index (χ3n) is 6.21. The van der Waals surface area contributed by atoms with Gasteiger partial charge in [-0.1, -0.05) is 36.0 Å². The predicted octanol–water partition coefficient (Wildman–Crippen LogP) is 3.30. The van der Waals surface area contributed by atoms with Gasteiger partial charge in [-0.25, -0.2) is 0 Å². The largest absolute Gasteiger partial charge is 0.378 e. The van der Waals surface area contributed by atoms with Gasteiger partial charge in [-0.2, -0.15) is 0 Å². The summed E-state index contributed by atoms with van der Waals surface area (Å²) in [5.41, 5.74) is 2.59. The Hall–Kier alpha value is -3.70. The summed E-state index contributed by atoms with van der Waals surface area (Å²) in [6.45, 7) is 8.47. The third-order valence-corrected chi connectivity index (χ3v) is 7.18. The number of ether oxygens (including phenoxy) is 1. The molecule has 0 radical (unpaired) electrons. The molecule has 0 unspecified atom stereocenters. The normalized spacial score (nSPS) is 14.1. The highest BCUT2D eigenvalue weighted by molar-refractivity contribution is 7.99. The molecule has 1 aliphatic heterocycles. The lowest BCUT2D eigenvalue weighted by Crippen LogP contribution is -2.40. The number of morpholine rings is 1. The molecule has 1 atom stereocenters. The van der Waals surface area contributed by atoms with Gasteiger partial charge in [0.1, 0.15) is 0 Å². The van der Waals surface area contributed by atoms with Gasteiger partial charge in [-0.05, 0) is 50.6 Å². The molecule has 1 aliphatic rings. The van der Waals surface area contributed by atoms with Crippen molar-refractivity contribution < 1.29 is 19.1 Å². The van der Waals surface area contributed by atoms with Crippen LogP contribution in [0, 0.1) is 6.92 Å². The molecule has 2 heterocycles. The Kier molecular flexibility index (Phi) is 9.14. The van der Waals surface area contributed by atoms with E-state index in [0.29, 0.717) is 60.6 Å². The van der Waals surface area contributed by atoms with Crippen LogP contribution in [0.5, 0.6) is 0 Å². The molecule has 4 rings (SSSR count). The van der Waals surface area contributed by atoms with Crippen molar-refractivity contribution in [2.75, 3.05) is 37.4 Å². The minimum Gasteiger partial charge on any atom is -0.378 e. The maximum atomic E-state index is 12.7. The van der Waals surface area contributed by atoms with Crippen LogP contribution < -0.4 is 10.6 Å². The quantitative estimate of drug-likeness (QED) is 0.403. The minimum absolute atomic E-state index is 0.0778. The minimum atomic E-state index is -0.371. The molecule has 0 bridgehead atoms. The Balaban J connectivity index is 1.35. The number of aryl methyl sites for hydroxylation is 1. The molecule has 2 N–H and O–H groups in total. The zero-order valence-electron chi connectivity index (χ0n) is 21.8. The standard InChI is InChI=1S/C27H32N6O4S/c1-4-33-24(19(3)28-25(35)22-11-6-5-8-18(22)2)30-31-27(33)38-17-23(34)29-21-10-7-9-20(16-21)26(36)32-12-14-37-15-13-32/h5-11,16,19H,4,12-15,17H2,1-3H3,(H,28,35)(H,29,34)/t19-/m1/s1. The molecular formula is C27H32N6O4S. The average Bonchev–Trinajstić information content (AvgIpc) is 3.35. The maximum absolute atomic E-state index is 12.7. The van der Waals surface area contributed by atoms with E-state index >= 15 is 0 Å². The van der Waals surface area contributed by atoms with Crippen molar-refractivity contribution >= 4 is 35.2 Å². The molecule has 11 heteroatoms. The molecule has 200 valence electrons. The van der Waals surface area contributed by atoms with Gasteiger partial charge in [0.15, 0.2) is 11.0 Å². The fourth-order valence-corrected chi connectivity index (χ4v) is 5.01. The Morgan fingerprint density at radius 2 is 1.84 bits per heavy atom. The van der Waals surface area contributed by atoms with Gasteiger partial charge in [0.05, 0.1) is 25.0 Å². The fraction of sp³-hybridized carbons (Fsp3) is 0.370. The van der Waals surface area contributed by atoms with Gasteiger partial charge in [-0.15, -0.1) is 10.2 Å². The maximum Gasteiger partial charge on any atom is 0.254 e. The first-order chi connectivity index (χ1) is 18.4. The number of nitrogens with one attached hydrogen (secondary N) is 2. The summed E-state index contributed by atoms with van der Waals surface area (Å²) >= 11 is 1.26. The van der Waals surface area contributed by atoms with Gasteiger partial charge in [0, 0.05) is 36.4 Å². The van der Waals surface area contributed by atoms with Crippen molar-refractivity contribution in [2.45, 2.75) is 38.5 Å². The number of amides is 3. The summed E-state index contributed by atoms with van der Waals surface area (Å²) in [7, 11) is 0. The lowest BCUT2D eigenvalue weighted by Gasteiger charge is -2.27. The van der Waals surface area contributed by atoms with E-state index in [9.17, 15) is 14.4 Å². The second kappa shape index (κ2) is 12.7. The second-order valence-electron chi connectivity index (χ2n) is 8.92. The molecule has 1 aromatic heterocycles. The predicted molar refractivity (Wildman–Crippen MR) is 145 cm³/mol. The molecule has 0 saturated carbocycles. The number of carbonyl (C=O) groups excluding carboxylic acids is 3. The number of benzene rings is 2. The van der Waals surface area contributed by atoms with Crippen LogP contribution in [0.1, 0.15) is 52.0 Å². The summed E-state index contributed by atoms with van der Waals surface area (Å²) in [5, 5.41) is 15.0. The Labute approximate surface area is 226 Å². The van der Waals surface area contributed by atoms with Crippen LogP contribution in [-0.2, 0) is 16.1 Å². The van der Waals surface area contributed by atoms with Gasteiger partial charge in [-0.3, -0.25) is 14.4 Å². The van der Waals surface area contributed by atoms with Crippen molar-refractivity contribution in [1.82, 2.24) is 25.0 Å². The van der Waals surface area contributed by atoms with Crippen LogP contribution in [0.4, 0.5) is 5.69 Å². The molecule has 2 aromatic carbocycles. The van der Waals surface area contributed by atoms with Crippen LogP contribution >= 0.6 is 11.8 Å². The zero-order valence-corrected chi connectivity index (χ0v) is 22.6. The number of aromatic nitrogens is 3. The van der Waals surface area contributed by atoms with E-state index in [-0.39, 0.29) is 29.5 Å². The van der Waals surface area contributed by atoms with Gasteiger partial charge in [0.25, 0.3) is 11.8 Å². The first-order valence-electron chi connectivity index (χ1n) is 12.6. The van der Waals surface area contributed by atoms with Crippen LogP contribution in [0.15, 0.2) is 53.7 Å². The SMILES string of the molecule is CCn1c(SCC(=O)Nc2cccc(C(=O)N3CCOCC3)c2)nnc1[C@@H](C)NC(=O)c1ccccc1C. The summed E-state index contributed by atoms with van der Waals surface area (Å²) in [4.78, 5) is 39.9. The van der Waals surface area contributed by atoms with Crippen LogP contribution in [-0.4, -0.2) is 69.4 Å². The Morgan fingerprint density at radius 3 is 2.58 bits per heavy atom. The van der Waals surface area contributed by atoms with E-state index in [1.807, 2.05) is 43.5 Å². The molecule has 1 saturated heterocycles. The average molecular weight is 537 g/mol. The van der Waals surface area contributed by atoms with Crippen molar-refractivity contribution in [3.05, 3.63) is 71.0 Å². The lowest BCUT2D eigenvalue weighted by molar-refractivity contribution is -0.113. The zero-order chi connectivity index (χ0) is 27.1. The summed E-state index contributed by atoms with van der Waals surface area (Å²) in [5.74, 6) is 0.255. The van der Waals surface area contributed by atoms with Gasteiger partial charge >= 0.3 is 0 Å². The van der Waals surface area contributed by atoms with Crippen LogP contribution in [0.2, 0.25) is 0 Å². The van der Waals surface area contributed by atoms with E-state index in [1.54, 1.807) is 35.2 Å². The first-order valence-corrected chi connectivity index (χ1v) is 13.5. The summed E-state index contributed by atoms with van der Waals surface area (Å²) < 4.78 is 7.20. The van der Waals surface area contributed by atoms with E-state index in [2.05, 4.69) is 20.8 Å². The molecule has 1 fully saturated rings. The monoisotopic (exact) mass is 536 g/mol. The van der Waals surface area contributed by atoms with Crippen LogP contribution in [0.3, 0.4) is 0 Å². The number of thioether (sulfide) groups is 1. The molecule has 10 nitrogen and oxygen atoms in total. The highest BCUT2D eigenvalue weighted by atomic mass is 32.2. The smallest absolute Gasteiger partial charge is 0.254 e. The molecular weight excluding hydrogens is 504 g/mol. The highest BCUT2D eigenvalue weighted by Crippen LogP contribution is 2.22. The number of carbonyl (C=O) groups is 3. The van der Waals surface area contributed by atoms with Crippen molar-refractivity contribution in [1.29, 1.82) is 0 Å². The fourth-order valence-electron chi connectivity index (χ4n) is 4.20. The third kappa shape index (κ3) is 6.59. The molecule has 38 heavy (non-hydrogen) atoms. The molecule has 0 spiro atoms. The van der Waals surface area contributed by atoms with Gasteiger partial charge in [0.2, 0.25) is 5.91 Å². The molecule has 0 aliphatic carbocycles. The lowest BCUT2D eigenvalue weighted by atomic mass is 10.1. The second-order valence-corrected chi connectivity index (χ2v) is 9.86. The summed E-state index contributed by atoms with van der Waals surface area (Å²) in [6, 6.07) is 14.0. The van der Waals surface area contributed by atoms with Gasteiger partial charge < -0.3 is 24.8 Å². The first kappa shape index (κ1) is 27.3. The van der Waals surface area contributed by atoms with Crippen LogP contribution in [0.25, 0.3) is 0 Å². The van der Waals surface area contributed by atoms with E-state index in [4.69, 9.17) is 4.74 Å². The van der Waals surface area contributed by atoms with Crippen molar-refractivity contribution in [3.8, 4) is 0 Å². The Morgan fingerprint density at radius 1 is 1.08 bits per heavy atom. The van der Waals surface area contributed by atoms with E-state index in [1.165, 1.54) is 11.8 Å². The van der Waals surface area contributed by atoms with E-state index in [0.717, 1.165) is 5.56 Å². The number of rotatable bonds is 9. The number of anilines is 1. The highest BCUT2D eigenvalue weighted by Gasteiger charge is 2.21. The van der Waals surface area contributed by atoms with E-state index < -0.39 is 0 Å². The number of hydrogen-bond donors (Lipinski definition) is 2. The van der Waals surface area contributed by atoms with Crippen molar-refractivity contribution in [2.24, 2.45) is 0 Å². The summed E-state index contributed by atoms with van der Waals surface area (Å²) in [6.07, 6.45) is 0.